The molecule has 0 saturated heterocycles. The lowest BCUT2D eigenvalue weighted by atomic mass is 10.1. The summed E-state index contributed by atoms with van der Waals surface area (Å²) in [6.07, 6.45) is 0. The molecule has 3 nitrogen and oxygen atoms in total. The third kappa shape index (κ3) is 4.22. The summed E-state index contributed by atoms with van der Waals surface area (Å²) >= 11 is 5.74. The van der Waals surface area contributed by atoms with Crippen LogP contribution in [-0.4, -0.2) is 34.7 Å². The summed E-state index contributed by atoms with van der Waals surface area (Å²) in [4.78, 5) is 12.0. The van der Waals surface area contributed by atoms with Gasteiger partial charge < -0.3 is 4.74 Å². The van der Waals surface area contributed by atoms with Crippen LogP contribution in [0, 0.1) is 0 Å². The van der Waals surface area contributed by atoms with Gasteiger partial charge in [-0.2, -0.15) is 0 Å². The van der Waals surface area contributed by atoms with Crippen molar-refractivity contribution >= 4 is 28.2 Å². The first-order valence-corrected chi connectivity index (χ1v) is 6.98. The van der Waals surface area contributed by atoms with Crippen molar-refractivity contribution in [2.24, 2.45) is 0 Å². The molecule has 0 aliphatic rings. The maximum absolute atomic E-state index is 12.0. The Morgan fingerprint density at radius 3 is 2.53 bits per heavy atom. The molecular weight excluding hydrogens is 260 g/mol. The summed E-state index contributed by atoms with van der Waals surface area (Å²) in [6.45, 7) is 2.06. The summed E-state index contributed by atoms with van der Waals surface area (Å²) in [5, 5.41) is 0.0565. The van der Waals surface area contributed by atoms with Crippen molar-refractivity contribution in [3.05, 3.63) is 34.9 Å². The Labute approximate surface area is 109 Å². The number of rotatable bonds is 6. The zero-order valence-corrected chi connectivity index (χ0v) is 11.4. The van der Waals surface area contributed by atoms with E-state index in [9.17, 15) is 9.00 Å². The quantitative estimate of drug-likeness (QED) is 0.748. The van der Waals surface area contributed by atoms with Gasteiger partial charge in [0.2, 0.25) is 0 Å². The van der Waals surface area contributed by atoms with Gasteiger partial charge in [-0.05, 0) is 31.2 Å². The normalized spacial score (nSPS) is 14.3. The van der Waals surface area contributed by atoms with Gasteiger partial charge in [0.05, 0.1) is 11.9 Å². The third-order valence-corrected chi connectivity index (χ3v) is 4.20. The highest BCUT2D eigenvalue weighted by Crippen LogP contribution is 2.13. The molecule has 1 aromatic carbocycles. The van der Waals surface area contributed by atoms with E-state index in [2.05, 4.69) is 0 Å². The van der Waals surface area contributed by atoms with Crippen molar-refractivity contribution < 1.29 is 13.7 Å². The molecule has 17 heavy (non-hydrogen) atoms. The Hall–Kier alpha value is -0.710. The predicted molar refractivity (Wildman–Crippen MR) is 70.1 cm³/mol. The number of ether oxygens (including phenoxy) is 1. The average molecular weight is 275 g/mol. The van der Waals surface area contributed by atoms with E-state index in [1.54, 1.807) is 38.3 Å². The summed E-state index contributed by atoms with van der Waals surface area (Å²) in [6, 6.07) is 6.60. The van der Waals surface area contributed by atoms with Crippen LogP contribution in [0.15, 0.2) is 24.3 Å². The Morgan fingerprint density at radius 1 is 1.41 bits per heavy atom. The molecule has 0 bridgehead atoms. The number of methoxy groups -OCH3 is 1. The molecule has 2 unspecified atom stereocenters. The van der Waals surface area contributed by atoms with Crippen molar-refractivity contribution in [2.75, 3.05) is 19.5 Å². The van der Waals surface area contributed by atoms with Gasteiger partial charge in [-0.3, -0.25) is 9.00 Å². The molecule has 2 atom stereocenters. The zero-order valence-electron chi connectivity index (χ0n) is 9.81. The van der Waals surface area contributed by atoms with Gasteiger partial charge in [-0.1, -0.05) is 11.6 Å². The van der Waals surface area contributed by atoms with Crippen LogP contribution in [0.1, 0.15) is 17.3 Å². The standard InChI is InChI=1S/C12H15ClO3S/c1-9(17(15)8-7-16-2)12(14)10-3-5-11(13)6-4-10/h3-6,9H,7-8H2,1-2H3. The summed E-state index contributed by atoms with van der Waals surface area (Å²) in [7, 11) is 0.336. The minimum Gasteiger partial charge on any atom is -0.384 e. The van der Waals surface area contributed by atoms with Crippen LogP contribution in [0.3, 0.4) is 0 Å². The van der Waals surface area contributed by atoms with E-state index < -0.39 is 16.0 Å². The van der Waals surface area contributed by atoms with Crippen molar-refractivity contribution in [1.82, 2.24) is 0 Å². The highest BCUT2D eigenvalue weighted by Gasteiger charge is 2.20. The lowest BCUT2D eigenvalue weighted by molar-refractivity contribution is 0.0992. The fourth-order valence-electron chi connectivity index (χ4n) is 1.31. The molecule has 1 aromatic rings. The number of Topliss-reactive ketones (excluding diaryl/α,β-unsaturated/α-hetero) is 1. The van der Waals surface area contributed by atoms with Crippen molar-refractivity contribution in [2.45, 2.75) is 12.2 Å². The van der Waals surface area contributed by atoms with Gasteiger partial charge in [0.15, 0.2) is 5.78 Å². The van der Waals surface area contributed by atoms with Gasteiger partial charge in [0.1, 0.15) is 0 Å². The number of carbonyl (C=O) groups excluding carboxylic acids is 1. The molecule has 0 aliphatic heterocycles. The smallest absolute Gasteiger partial charge is 0.178 e. The van der Waals surface area contributed by atoms with Gasteiger partial charge in [0, 0.05) is 34.2 Å². The second kappa shape index (κ2) is 6.89. The molecule has 0 aromatic heterocycles. The SMILES string of the molecule is COCCS(=O)C(C)C(=O)c1ccc(Cl)cc1. The first kappa shape index (κ1) is 14.4. The summed E-state index contributed by atoms with van der Waals surface area (Å²) in [5.41, 5.74) is 0.535. The molecule has 0 N–H and O–H groups in total. The monoisotopic (exact) mass is 274 g/mol. The van der Waals surface area contributed by atoms with Crippen LogP contribution in [0.5, 0.6) is 0 Å². The van der Waals surface area contributed by atoms with E-state index in [1.807, 2.05) is 0 Å². The molecule has 0 amide bonds. The second-order valence-electron chi connectivity index (χ2n) is 3.59. The van der Waals surface area contributed by atoms with Crippen LogP contribution in [0.2, 0.25) is 5.02 Å². The fourth-order valence-corrected chi connectivity index (χ4v) is 2.50. The van der Waals surface area contributed by atoms with E-state index in [0.717, 1.165) is 0 Å². The largest absolute Gasteiger partial charge is 0.384 e. The predicted octanol–water partition coefficient (Wildman–Crippen LogP) is 2.31. The molecule has 0 aliphatic carbocycles. The van der Waals surface area contributed by atoms with E-state index in [1.165, 1.54) is 0 Å². The fraction of sp³-hybridized carbons (Fsp3) is 0.417. The van der Waals surface area contributed by atoms with Crippen molar-refractivity contribution in [1.29, 1.82) is 0 Å². The number of hydrogen-bond donors (Lipinski definition) is 0. The number of hydrogen-bond acceptors (Lipinski definition) is 3. The molecule has 0 saturated carbocycles. The van der Waals surface area contributed by atoms with Gasteiger partial charge >= 0.3 is 0 Å². The highest BCUT2D eigenvalue weighted by atomic mass is 35.5. The van der Waals surface area contributed by atoms with E-state index in [4.69, 9.17) is 16.3 Å². The summed E-state index contributed by atoms with van der Waals surface area (Å²) < 4.78 is 16.6. The minimum atomic E-state index is -1.21. The van der Waals surface area contributed by atoms with Crippen molar-refractivity contribution in [3.8, 4) is 0 Å². The lowest BCUT2D eigenvalue weighted by Crippen LogP contribution is -2.25. The van der Waals surface area contributed by atoms with Crippen LogP contribution in [0.25, 0.3) is 0 Å². The van der Waals surface area contributed by atoms with Crippen LogP contribution in [0.4, 0.5) is 0 Å². The molecule has 1 rings (SSSR count). The second-order valence-corrected chi connectivity index (χ2v) is 5.90. The van der Waals surface area contributed by atoms with Crippen LogP contribution in [-0.2, 0) is 15.5 Å². The summed E-state index contributed by atoms with van der Waals surface area (Å²) in [5.74, 6) is 0.243. The van der Waals surface area contributed by atoms with E-state index >= 15 is 0 Å². The number of carbonyl (C=O) groups is 1. The Morgan fingerprint density at radius 2 is 2.00 bits per heavy atom. The van der Waals surface area contributed by atoms with Crippen LogP contribution >= 0.6 is 11.6 Å². The molecule has 94 valence electrons. The van der Waals surface area contributed by atoms with Crippen molar-refractivity contribution in [3.63, 3.8) is 0 Å². The van der Waals surface area contributed by atoms with Crippen LogP contribution < -0.4 is 0 Å². The number of benzene rings is 1. The van der Waals surface area contributed by atoms with Gasteiger partial charge in [-0.25, -0.2) is 0 Å². The van der Waals surface area contributed by atoms with Gasteiger partial charge in [-0.15, -0.1) is 0 Å². The molecule has 0 spiro atoms. The maximum Gasteiger partial charge on any atom is 0.178 e. The molecule has 5 heteroatoms. The average Bonchev–Trinajstić information content (AvgIpc) is 2.35. The zero-order chi connectivity index (χ0) is 12.8. The molecule has 0 fully saturated rings. The van der Waals surface area contributed by atoms with E-state index in [-0.39, 0.29) is 5.78 Å². The molecule has 0 heterocycles. The number of halogens is 1. The third-order valence-electron chi connectivity index (χ3n) is 2.38. The van der Waals surface area contributed by atoms with Gasteiger partial charge in [0.25, 0.3) is 0 Å². The first-order valence-electron chi connectivity index (χ1n) is 5.22. The maximum atomic E-state index is 12.0. The molecular formula is C12H15ClO3S. The first-order chi connectivity index (χ1) is 8.06. The Bertz CT molecular complexity index is 403. The molecule has 0 radical (unpaired) electrons. The Kier molecular flexibility index (Phi) is 5.82. The Balaban J connectivity index is 2.69. The minimum absolute atomic E-state index is 0.129. The highest BCUT2D eigenvalue weighted by molar-refractivity contribution is 7.86. The number of ketones is 1. The topological polar surface area (TPSA) is 43.4 Å². The van der Waals surface area contributed by atoms with E-state index in [0.29, 0.717) is 22.9 Å². The lowest BCUT2D eigenvalue weighted by Gasteiger charge is -2.10.